The minimum absolute atomic E-state index is 0.00519. The van der Waals surface area contributed by atoms with Gasteiger partial charge in [-0.1, -0.05) is 25.4 Å². The zero-order valence-electron chi connectivity index (χ0n) is 10.3. The van der Waals surface area contributed by atoms with Crippen LogP contribution in [-0.2, 0) is 16.4 Å². The van der Waals surface area contributed by atoms with Crippen LogP contribution >= 0.6 is 11.6 Å². The molecule has 0 N–H and O–H groups in total. The van der Waals surface area contributed by atoms with Crippen molar-refractivity contribution in [3.8, 4) is 0 Å². The Kier molecular flexibility index (Phi) is 4.33. The topological polar surface area (TPSA) is 95.1 Å². The highest BCUT2D eigenvalue weighted by Gasteiger charge is 2.28. The Hall–Kier alpha value is -1.15. The predicted octanol–water partition coefficient (Wildman–Crippen LogP) is 1.61. The summed E-state index contributed by atoms with van der Waals surface area (Å²) in [5.74, 6) is -0.328. The summed E-state index contributed by atoms with van der Waals surface area (Å²) in [6, 6.07) is 0. The number of nitrogens with zero attached hydrogens (tertiary/aromatic N) is 3. The molecule has 18 heavy (non-hydrogen) atoms. The molecule has 0 spiro atoms. The van der Waals surface area contributed by atoms with Gasteiger partial charge in [0.25, 0.3) is 0 Å². The highest BCUT2D eigenvalue weighted by atomic mass is 35.5. The lowest BCUT2D eigenvalue weighted by molar-refractivity contribution is -0.385. The van der Waals surface area contributed by atoms with Gasteiger partial charge in [0.2, 0.25) is 5.15 Å². The normalized spacial score (nSPS) is 12.1. The number of rotatable bonds is 5. The minimum atomic E-state index is -3.17. The maximum absolute atomic E-state index is 11.1. The van der Waals surface area contributed by atoms with E-state index in [1.165, 1.54) is 0 Å². The summed E-state index contributed by atoms with van der Waals surface area (Å²) in [7, 11) is -3.17. The molecule has 0 amide bonds. The van der Waals surface area contributed by atoms with Crippen molar-refractivity contribution in [3.05, 3.63) is 21.0 Å². The first kappa shape index (κ1) is 14.9. The zero-order chi connectivity index (χ0) is 14.1. The van der Waals surface area contributed by atoms with Crippen LogP contribution in [0.5, 0.6) is 0 Å². The smallest absolute Gasteiger partial charge is 0.258 e. The van der Waals surface area contributed by atoms with Crippen molar-refractivity contribution in [3.63, 3.8) is 0 Å². The quantitative estimate of drug-likeness (QED) is 0.607. The van der Waals surface area contributed by atoms with Crippen molar-refractivity contribution >= 4 is 27.1 Å². The molecule has 102 valence electrons. The van der Waals surface area contributed by atoms with Crippen LogP contribution in [0.25, 0.3) is 0 Å². The van der Waals surface area contributed by atoms with Crippen LogP contribution in [0.2, 0.25) is 5.15 Å². The van der Waals surface area contributed by atoms with Gasteiger partial charge >= 0.3 is 5.69 Å². The Balaban J connectivity index is 3.15. The minimum Gasteiger partial charge on any atom is -0.258 e. The van der Waals surface area contributed by atoms with Crippen LogP contribution in [0.15, 0.2) is 0 Å². The molecule has 9 heteroatoms. The molecule has 0 aromatic carbocycles. The van der Waals surface area contributed by atoms with E-state index in [1.54, 1.807) is 13.8 Å². The predicted molar refractivity (Wildman–Crippen MR) is 67.7 cm³/mol. The lowest BCUT2D eigenvalue weighted by Gasteiger charge is -2.00. The van der Waals surface area contributed by atoms with Crippen LogP contribution in [-0.4, -0.2) is 35.1 Å². The van der Waals surface area contributed by atoms with E-state index < -0.39 is 14.8 Å². The number of halogens is 1. The van der Waals surface area contributed by atoms with Gasteiger partial charge in [0.05, 0.1) is 17.2 Å². The summed E-state index contributed by atoms with van der Waals surface area (Å²) in [6.45, 7) is 3.52. The maximum atomic E-state index is 11.1. The van der Waals surface area contributed by atoms with Gasteiger partial charge in [0, 0.05) is 12.2 Å². The second kappa shape index (κ2) is 5.23. The molecule has 0 saturated heterocycles. The molecule has 0 unspecified atom stereocenters. The van der Waals surface area contributed by atoms with Gasteiger partial charge < -0.3 is 0 Å². The molecule has 1 aromatic rings. The molecule has 0 bridgehead atoms. The Labute approximate surface area is 110 Å². The van der Waals surface area contributed by atoms with Crippen molar-refractivity contribution in [1.82, 2.24) is 9.78 Å². The van der Waals surface area contributed by atoms with E-state index in [1.807, 2.05) is 0 Å². The van der Waals surface area contributed by atoms with Crippen LogP contribution in [0, 0.1) is 10.1 Å². The molecule has 1 aromatic heterocycles. The van der Waals surface area contributed by atoms with Gasteiger partial charge in [-0.2, -0.15) is 5.10 Å². The van der Waals surface area contributed by atoms with Crippen molar-refractivity contribution < 1.29 is 13.3 Å². The molecule has 1 rings (SSSR count). The first-order valence-electron chi connectivity index (χ1n) is 5.21. The SMILES string of the molecule is CC(C)c1nn(CCS(C)(=O)=O)c(Cl)c1[N+](=O)[O-]. The fourth-order valence-electron chi connectivity index (χ4n) is 1.41. The average Bonchev–Trinajstić information content (AvgIpc) is 2.51. The molecule has 0 fully saturated rings. The standard InChI is InChI=1S/C9H14ClN3O4S/c1-6(2)7-8(13(14)15)9(10)12(11-7)4-5-18(3,16)17/h6H,4-5H2,1-3H3. The van der Waals surface area contributed by atoms with E-state index in [2.05, 4.69) is 5.10 Å². The highest BCUT2D eigenvalue weighted by molar-refractivity contribution is 7.90. The van der Waals surface area contributed by atoms with Gasteiger partial charge in [-0.25, -0.2) is 13.1 Å². The Morgan fingerprint density at radius 1 is 1.50 bits per heavy atom. The zero-order valence-corrected chi connectivity index (χ0v) is 11.8. The third-order valence-electron chi connectivity index (χ3n) is 2.30. The van der Waals surface area contributed by atoms with Gasteiger partial charge in [0.15, 0.2) is 0 Å². The largest absolute Gasteiger partial charge is 0.329 e. The summed E-state index contributed by atoms with van der Waals surface area (Å²) >= 11 is 5.86. The molecule has 1 heterocycles. The van der Waals surface area contributed by atoms with E-state index in [0.717, 1.165) is 10.9 Å². The maximum Gasteiger partial charge on any atom is 0.329 e. The lowest BCUT2D eigenvalue weighted by Crippen LogP contribution is -2.12. The van der Waals surface area contributed by atoms with E-state index in [9.17, 15) is 18.5 Å². The Morgan fingerprint density at radius 3 is 2.39 bits per heavy atom. The van der Waals surface area contributed by atoms with Gasteiger partial charge in [-0.15, -0.1) is 0 Å². The third kappa shape index (κ3) is 3.42. The van der Waals surface area contributed by atoms with Crippen molar-refractivity contribution in [2.75, 3.05) is 12.0 Å². The number of sulfone groups is 1. The van der Waals surface area contributed by atoms with E-state index >= 15 is 0 Å². The first-order valence-corrected chi connectivity index (χ1v) is 7.65. The Morgan fingerprint density at radius 2 is 2.06 bits per heavy atom. The summed E-state index contributed by atoms with van der Waals surface area (Å²) < 4.78 is 23.3. The molecular formula is C9H14ClN3O4S. The van der Waals surface area contributed by atoms with Crippen molar-refractivity contribution in [1.29, 1.82) is 0 Å². The molecule has 0 aliphatic rings. The summed E-state index contributed by atoms with van der Waals surface area (Å²) in [5, 5.41) is 14.8. The number of hydrogen-bond donors (Lipinski definition) is 0. The third-order valence-corrected chi connectivity index (χ3v) is 3.59. The molecule has 0 saturated carbocycles. The summed E-state index contributed by atoms with van der Waals surface area (Å²) in [6.07, 6.45) is 1.09. The number of hydrogen-bond acceptors (Lipinski definition) is 5. The summed E-state index contributed by atoms with van der Waals surface area (Å²) in [5.41, 5.74) is 0.0127. The number of aromatic nitrogens is 2. The molecule has 0 aliphatic heterocycles. The number of nitro groups is 1. The second-order valence-corrected chi connectivity index (χ2v) is 6.91. The molecule has 0 radical (unpaired) electrons. The van der Waals surface area contributed by atoms with E-state index in [4.69, 9.17) is 11.6 Å². The van der Waals surface area contributed by atoms with Crippen molar-refractivity contribution in [2.45, 2.75) is 26.3 Å². The van der Waals surface area contributed by atoms with Crippen molar-refractivity contribution in [2.24, 2.45) is 0 Å². The second-order valence-electron chi connectivity index (χ2n) is 4.29. The van der Waals surface area contributed by atoms with Gasteiger partial charge in [-0.05, 0) is 0 Å². The van der Waals surface area contributed by atoms with Crippen LogP contribution in [0.4, 0.5) is 5.69 Å². The van der Waals surface area contributed by atoms with Crippen LogP contribution in [0.3, 0.4) is 0 Å². The lowest BCUT2D eigenvalue weighted by atomic mass is 10.1. The van der Waals surface area contributed by atoms with Gasteiger partial charge in [-0.3, -0.25) is 10.1 Å². The van der Waals surface area contributed by atoms with Gasteiger partial charge in [0.1, 0.15) is 15.5 Å². The molecule has 0 aliphatic carbocycles. The number of aryl methyl sites for hydroxylation is 1. The van der Waals surface area contributed by atoms with E-state index in [0.29, 0.717) is 0 Å². The van der Waals surface area contributed by atoms with Crippen LogP contribution in [0.1, 0.15) is 25.5 Å². The Bertz CT molecular complexity index is 565. The van der Waals surface area contributed by atoms with E-state index in [-0.39, 0.29) is 34.7 Å². The van der Waals surface area contributed by atoms with Crippen LogP contribution < -0.4 is 0 Å². The molecular weight excluding hydrogens is 282 g/mol. The molecule has 7 nitrogen and oxygen atoms in total. The average molecular weight is 296 g/mol. The highest BCUT2D eigenvalue weighted by Crippen LogP contribution is 2.32. The monoisotopic (exact) mass is 295 g/mol. The first-order chi connectivity index (χ1) is 8.13. The fourth-order valence-corrected chi connectivity index (χ4v) is 2.20. The summed E-state index contributed by atoms with van der Waals surface area (Å²) in [4.78, 5) is 10.3. The molecule has 0 atom stereocenters. The fraction of sp³-hybridized carbons (Fsp3) is 0.667.